The van der Waals surface area contributed by atoms with E-state index in [1.807, 2.05) is 30.6 Å². The van der Waals surface area contributed by atoms with Gasteiger partial charge in [0.15, 0.2) is 0 Å². The summed E-state index contributed by atoms with van der Waals surface area (Å²) in [5.74, 6) is 0.893. The molecule has 2 aromatic heterocycles. The van der Waals surface area contributed by atoms with Crippen LogP contribution in [0.15, 0.2) is 41.1 Å². The standard InChI is InChI=1S/C15H18BrN3/c1-11-8-14(18-9-12(11)16)19-10-15(2,3)13-6-4-5-7-17-13/h4-9H,10H2,1-3H3,(H,18,19). The van der Waals surface area contributed by atoms with Gasteiger partial charge in [0, 0.05) is 34.5 Å². The fraction of sp³-hybridized carbons (Fsp3) is 0.333. The molecule has 2 aromatic rings. The zero-order valence-electron chi connectivity index (χ0n) is 11.4. The molecule has 0 spiro atoms. The number of nitrogens with one attached hydrogen (secondary N) is 1. The van der Waals surface area contributed by atoms with Crippen molar-refractivity contribution in [2.45, 2.75) is 26.2 Å². The summed E-state index contributed by atoms with van der Waals surface area (Å²) in [5, 5.41) is 3.38. The Morgan fingerprint density at radius 2 is 2.05 bits per heavy atom. The molecule has 3 nitrogen and oxygen atoms in total. The molecule has 0 aliphatic heterocycles. The second-order valence-electron chi connectivity index (χ2n) is 5.27. The minimum atomic E-state index is -0.0378. The van der Waals surface area contributed by atoms with Gasteiger partial charge in [-0.3, -0.25) is 4.98 Å². The summed E-state index contributed by atoms with van der Waals surface area (Å²) >= 11 is 3.46. The van der Waals surface area contributed by atoms with E-state index in [9.17, 15) is 0 Å². The number of hydrogen-bond acceptors (Lipinski definition) is 3. The van der Waals surface area contributed by atoms with Gasteiger partial charge in [-0.2, -0.15) is 0 Å². The Kier molecular flexibility index (Phi) is 4.20. The van der Waals surface area contributed by atoms with E-state index in [2.05, 4.69) is 58.1 Å². The van der Waals surface area contributed by atoms with E-state index < -0.39 is 0 Å². The zero-order valence-corrected chi connectivity index (χ0v) is 13.0. The number of pyridine rings is 2. The van der Waals surface area contributed by atoms with Crippen molar-refractivity contribution < 1.29 is 0 Å². The molecule has 0 saturated heterocycles. The molecule has 0 unspecified atom stereocenters. The zero-order chi connectivity index (χ0) is 13.9. The van der Waals surface area contributed by atoms with Gasteiger partial charge in [-0.05, 0) is 46.6 Å². The fourth-order valence-corrected chi connectivity index (χ4v) is 2.02. The highest BCUT2D eigenvalue weighted by Crippen LogP contribution is 2.22. The predicted molar refractivity (Wildman–Crippen MR) is 82.4 cm³/mol. The van der Waals surface area contributed by atoms with E-state index in [1.54, 1.807) is 0 Å². The van der Waals surface area contributed by atoms with Crippen molar-refractivity contribution in [3.8, 4) is 0 Å². The van der Waals surface area contributed by atoms with Gasteiger partial charge in [0.05, 0.1) is 0 Å². The lowest BCUT2D eigenvalue weighted by Gasteiger charge is -2.24. The molecule has 0 radical (unpaired) electrons. The average Bonchev–Trinajstić information content (AvgIpc) is 2.41. The van der Waals surface area contributed by atoms with E-state index in [0.29, 0.717) is 0 Å². The number of aromatic nitrogens is 2. The van der Waals surface area contributed by atoms with Gasteiger partial charge in [-0.25, -0.2) is 4.98 Å². The van der Waals surface area contributed by atoms with Crippen LogP contribution >= 0.6 is 15.9 Å². The van der Waals surface area contributed by atoms with E-state index in [4.69, 9.17) is 0 Å². The van der Waals surface area contributed by atoms with Gasteiger partial charge in [0.2, 0.25) is 0 Å². The summed E-state index contributed by atoms with van der Waals surface area (Å²) in [5.41, 5.74) is 2.22. The summed E-state index contributed by atoms with van der Waals surface area (Å²) in [6.45, 7) is 7.20. The van der Waals surface area contributed by atoms with Crippen LogP contribution in [-0.4, -0.2) is 16.5 Å². The molecule has 2 rings (SSSR count). The first-order valence-corrected chi connectivity index (χ1v) is 7.06. The molecule has 0 aliphatic carbocycles. The van der Waals surface area contributed by atoms with E-state index in [1.165, 1.54) is 5.56 Å². The lowest BCUT2D eigenvalue weighted by molar-refractivity contribution is 0.537. The Hall–Kier alpha value is -1.42. The first-order chi connectivity index (χ1) is 8.99. The molecule has 0 aliphatic rings. The fourth-order valence-electron chi connectivity index (χ4n) is 1.80. The summed E-state index contributed by atoms with van der Waals surface area (Å²) < 4.78 is 1.03. The largest absolute Gasteiger partial charge is 0.369 e. The van der Waals surface area contributed by atoms with Gasteiger partial charge in [-0.1, -0.05) is 19.9 Å². The Morgan fingerprint density at radius 3 is 2.68 bits per heavy atom. The first-order valence-electron chi connectivity index (χ1n) is 6.26. The highest BCUT2D eigenvalue weighted by atomic mass is 79.9. The quantitative estimate of drug-likeness (QED) is 0.927. The lowest BCUT2D eigenvalue weighted by Crippen LogP contribution is -2.28. The van der Waals surface area contributed by atoms with E-state index >= 15 is 0 Å². The van der Waals surface area contributed by atoms with Crippen LogP contribution in [-0.2, 0) is 5.41 Å². The SMILES string of the molecule is Cc1cc(NCC(C)(C)c2ccccn2)ncc1Br. The topological polar surface area (TPSA) is 37.8 Å². The summed E-state index contributed by atoms with van der Waals surface area (Å²) in [6, 6.07) is 8.05. The monoisotopic (exact) mass is 319 g/mol. The van der Waals surface area contributed by atoms with E-state index in [-0.39, 0.29) is 5.41 Å². The highest BCUT2D eigenvalue weighted by molar-refractivity contribution is 9.10. The van der Waals surface area contributed by atoms with Crippen molar-refractivity contribution in [1.29, 1.82) is 0 Å². The number of rotatable bonds is 4. The number of halogens is 1. The number of hydrogen-bond donors (Lipinski definition) is 1. The lowest BCUT2D eigenvalue weighted by atomic mass is 9.89. The number of anilines is 1. The van der Waals surface area contributed by atoms with Gasteiger partial charge in [0.1, 0.15) is 5.82 Å². The summed E-state index contributed by atoms with van der Waals surface area (Å²) in [4.78, 5) is 8.78. The summed E-state index contributed by atoms with van der Waals surface area (Å²) in [7, 11) is 0. The van der Waals surface area contributed by atoms with Crippen LogP contribution in [0.2, 0.25) is 0 Å². The van der Waals surface area contributed by atoms with Crippen molar-refractivity contribution in [3.63, 3.8) is 0 Å². The van der Waals surface area contributed by atoms with E-state index in [0.717, 1.165) is 22.5 Å². The minimum absolute atomic E-state index is 0.0378. The molecule has 2 heterocycles. The Morgan fingerprint density at radius 1 is 1.26 bits per heavy atom. The van der Waals surface area contributed by atoms with Crippen LogP contribution < -0.4 is 5.32 Å². The third-order valence-corrected chi connectivity index (χ3v) is 3.95. The molecule has 0 fully saturated rings. The highest BCUT2D eigenvalue weighted by Gasteiger charge is 2.21. The molecule has 0 amide bonds. The third-order valence-electron chi connectivity index (χ3n) is 3.12. The van der Waals surface area contributed by atoms with Crippen LogP contribution in [0.5, 0.6) is 0 Å². The molecule has 4 heteroatoms. The second kappa shape index (κ2) is 5.70. The Balaban J connectivity index is 2.07. The molecule has 0 bridgehead atoms. The van der Waals surface area contributed by atoms with Crippen LogP contribution in [0.1, 0.15) is 25.1 Å². The maximum atomic E-state index is 4.43. The molecule has 0 aromatic carbocycles. The minimum Gasteiger partial charge on any atom is -0.369 e. The smallest absolute Gasteiger partial charge is 0.126 e. The van der Waals surface area contributed by atoms with Gasteiger partial charge >= 0.3 is 0 Å². The van der Waals surface area contributed by atoms with Crippen LogP contribution in [0.3, 0.4) is 0 Å². The number of aryl methyl sites for hydroxylation is 1. The maximum Gasteiger partial charge on any atom is 0.126 e. The maximum absolute atomic E-state index is 4.43. The van der Waals surface area contributed by atoms with Crippen LogP contribution in [0, 0.1) is 6.92 Å². The third kappa shape index (κ3) is 3.53. The van der Waals surface area contributed by atoms with Crippen molar-refractivity contribution in [2.75, 3.05) is 11.9 Å². The molecular formula is C15H18BrN3. The van der Waals surface area contributed by atoms with Crippen molar-refractivity contribution in [1.82, 2.24) is 9.97 Å². The van der Waals surface area contributed by atoms with Crippen LogP contribution in [0.4, 0.5) is 5.82 Å². The molecule has 1 N–H and O–H groups in total. The normalized spacial score (nSPS) is 11.4. The van der Waals surface area contributed by atoms with Gasteiger partial charge < -0.3 is 5.32 Å². The predicted octanol–water partition coefficient (Wildman–Crippen LogP) is 3.94. The average molecular weight is 320 g/mol. The molecule has 0 saturated carbocycles. The second-order valence-corrected chi connectivity index (χ2v) is 6.13. The first kappa shape index (κ1) is 14.0. The molecule has 0 atom stereocenters. The van der Waals surface area contributed by atoms with Gasteiger partial charge in [0.25, 0.3) is 0 Å². The van der Waals surface area contributed by atoms with Gasteiger partial charge in [-0.15, -0.1) is 0 Å². The van der Waals surface area contributed by atoms with Crippen molar-refractivity contribution >= 4 is 21.7 Å². The molecule has 100 valence electrons. The number of nitrogens with zero attached hydrogens (tertiary/aromatic N) is 2. The van der Waals surface area contributed by atoms with Crippen molar-refractivity contribution in [3.05, 3.63) is 52.4 Å². The van der Waals surface area contributed by atoms with Crippen LogP contribution in [0.25, 0.3) is 0 Å². The Bertz CT molecular complexity index is 553. The summed E-state index contributed by atoms with van der Waals surface area (Å²) in [6.07, 6.45) is 3.66. The molecular weight excluding hydrogens is 302 g/mol. The molecule has 19 heavy (non-hydrogen) atoms. The van der Waals surface area contributed by atoms with Crippen molar-refractivity contribution in [2.24, 2.45) is 0 Å². The Labute approximate surface area is 122 Å².